The number of nitrogens with one attached hydrogen (secondary N) is 1. The molecule has 2 aromatic rings. The number of carbonyl (C=O) groups excluding carboxylic acids is 1. The van der Waals surface area contributed by atoms with Gasteiger partial charge in [-0.2, -0.15) is 13.2 Å². The van der Waals surface area contributed by atoms with Crippen LogP contribution < -0.4 is 5.32 Å². The van der Waals surface area contributed by atoms with E-state index in [9.17, 15) is 18.0 Å². The molecule has 1 amide bonds. The van der Waals surface area contributed by atoms with E-state index in [2.05, 4.69) is 15.3 Å². The van der Waals surface area contributed by atoms with Crippen molar-refractivity contribution < 1.29 is 18.0 Å². The summed E-state index contributed by atoms with van der Waals surface area (Å²) in [4.78, 5) is 22.1. The van der Waals surface area contributed by atoms with Crippen LogP contribution in [0, 0.1) is 0 Å². The maximum absolute atomic E-state index is 12.9. The number of rotatable bonds is 5. The molecule has 28 heavy (non-hydrogen) atoms. The highest BCUT2D eigenvalue weighted by Gasteiger charge is 2.31. The number of piperidine rings is 1. The molecular formula is C20H23F3N4O. The number of alkyl halides is 3. The SMILES string of the molecule is CCC(=O)N1CCC(NC(c2ccc(C(F)(F)F)cc2)c2cnccn2)CC1. The number of benzene rings is 1. The fourth-order valence-electron chi connectivity index (χ4n) is 3.43. The zero-order valence-electron chi connectivity index (χ0n) is 15.6. The van der Waals surface area contributed by atoms with Crippen LogP contribution in [0.5, 0.6) is 0 Å². The second kappa shape index (κ2) is 8.68. The first kappa shape index (κ1) is 20.3. The molecule has 8 heteroatoms. The van der Waals surface area contributed by atoms with Gasteiger partial charge < -0.3 is 10.2 Å². The van der Waals surface area contributed by atoms with Crippen LogP contribution >= 0.6 is 0 Å². The smallest absolute Gasteiger partial charge is 0.343 e. The quantitative estimate of drug-likeness (QED) is 0.845. The van der Waals surface area contributed by atoms with Crippen LogP contribution in [0.1, 0.15) is 49.0 Å². The van der Waals surface area contributed by atoms with Crippen molar-refractivity contribution in [2.24, 2.45) is 0 Å². The molecule has 1 aromatic heterocycles. The van der Waals surface area contributed by atoms with Gasteiger partial charge in [0.05, 0.1) is 23.5 Å². The fourth-order valence-corrected chi connectivity index (χ4v) is 3.43. The third-order valence-corrected chi connectivity index (χ3v) is 5.00. The van der Waals surface area contributed by atoms with Crippen molar-refractivity contribution in [1.29, 1.82) is 0 Å². The molecule has 0 spiro atoms. The molecule has 3 rings (SSSR count). The first-order valence-electron chi connectivity index (χ1n) is 9.35. The van der Waals surface area contributed by atoms with Crippen LogP contribution in [0.3, 0.4) is 0 Å². The number of carbonyl (C=O) groups is 1. The molecule has 1 aliphatic rings. The van der Waals surface area contributed by atoms with E-state index in [1.165, 1.54) is 12.1 Å². The highest BCUT2D eigenvalue weighted by molar-refractivity contribution is 5.75. The van der Waals surface area contributed by atoms with Gasteiger partial charge in [-0.1, -0.05) is 19.1 Å². The molecule has 1 saturated heterocycles. The second-order valence-electron chi connectivity index (χ2n) is 6.86. The van der Waals surface area contributed by atoms with E-state index in [0.717, 1.165) is 25.0 Å². The zero-order chi connectivity index (χ0) is 20.1. The zero-order valence-corrected chi connectivity index (χ0v) is 15.6. The minimum absolute atomic E-state index is 0.134. The lowest BCUT2D eigenvalue weighted by Gasteiger charge is -2.34. The van der Waals surface area contributed by atoms with E-state index in [1.54, 1.807) is 18.6 Å². The Balaban J connectivity index is 1.77. The highest BCUT2D eigenvalue weighted by atomic mass is 19.4. The minimum atomic E-state index is -4.37. The van der Waals surface area contributed by atoms with Crippen molar-refractivity contribution >= 4 is 5.91 Å². The standard InChI is InChI=1S/C20H23F3N4O/c1-2-18(28)27-11-7-16(8-12-27)26-19(17-13-24-9-10-25-17)14-3-5-15(6-4-14)20(21,22)23/h3-6,9-10,13,16,19,26H,2,7-8,11-12H2,1H3. The largest absolute Gasteiger partial charge is 0.416 e. The third kappa shape index (κ3) is 4.86. The number of aromatic nitrogens is 2. The molecule has 1 atom stereocenters. The molecule has 5 nitrogen and oxygen atoms in total. The van der Waals surface area contributed by atoms with Gasteiger partial charge in [0, 0.05) is 37.9 Å². The van der Waals surface area contributed by atoms with Gasteiger partial charge in [0.1, 0.15) is 0 Å². The Hall–Kier alpha value is -2.48. The van der Waals surface area contributed by atoms with Gasteiger partial charge in [0.25, 0.3) is 0 Å². The molecule has 1 aliphatic heterocycles. The summed E-state index contributed by atoms with van der Waals surface area (Å²) in [5.41, 5.74) is 0.662. The maximum atomic E-state index is 12.9. The van der Waals surface area contributed by atoms with Crippen LogP contribution in [0.4, 0.5) is 13.2 Å². The lowest BCUT2D eigenvalue weighted by atomic mass is 9.98. The molecule has 1 N–H and O–H groups in total. The van der Waals surface area contributed by atoms with Crippen LogP contribution in [0.2, 0.25) is 0 Å². The van der Waals surface area contributed by atoms with Gasteiger partial charge in [-0.05, 0) is 30.5 Å². The van der Waals surface area contributed by atoms with Crippen LogP contribution in [0.15, 0.2) is 42.9 Å². The van der Waals surface area contributed by atoms with Crippen molar-refractivity contribution in [3.05, 3.63) is 59.7 Å². The molecule has 1 aromatic carbocycles. The maximum Gasteiger partial charge on any atom is 0.416 e. The molecule has 0 saturated carbocycles. The van der Waals surface area contributed by atoms with Crippen molar-refractivity contribution in [3.8, 4) is 0 Å². The van der Waals surface area contributed by atoms with Gasteiger partial charge in [0.15, 0.2) is 0 Å². The van der Waals surface area contributed by atoms with Crippen molar-refractivity contribution in [3.63, 3.8) is 0 Å². The molecule has 1 unspecified atom stereocenters. The molecule has 2 heterocycles. The minimum Gasteiger partial charge on any atom is -0.343 e. The third-order valence-electron chi connectivity index (χ3n) is 5.00. The first-order valence-corrected chi connectivity index (χ1v) is 9.35. The van der Waals surface area contributed by atoms with Gasteiger partial charge in [0.2, 0.25) is 5.91 Å². The van der Waals surface area contributed by atoms with Gasteiger partial charge >= 0.3 is 6.18 Å². The van der Waals surface area contributed by atoms with E-state index >= 15 is 0 Å². The van der Waals surface area contributed by atoms with Gasteiger partial charge in [-0.15, -0.1) is 0 Å². The Morgan fingerprint density at radius 3 is 2.43 bits per heavy atom. The predicted octanol–water partition coefficient (Wildman–Crippen LogP) is 3.58. The van der Waals surface area contributed by atoms with Crippen molar-refractivity contribution in [1.82, 2.24) is 20.2 Å². The van der Waals surface area contributed by atoms with Crippen LogP contribution in [-0.4, -0.2) is 39.9 Å². The number of nitrogens with zero attached hydrogens (tertiary/aromatic N) is 3. The van der Waals surface area contributed by atoms with Crippen molar-refractivity contribution in [2.45, 2.75) is 44.4 Å². The van der Waals surface area contributed by atoms with E-state index < -0.39 is 11.7 Å². The highest BCUT2D eigenvalue weighted by Crippen LogP contribution is 2.31. The topological polar surface area (TPSA) is 58.1 Å². The summed E-state index contributed by atoms with van der Waals surface area (Å²) in [6.45, 7) is 3.19. The fraction of sp³-hybridized carbons (Fsp3) is 0.450. The van der Waals surface area contributed by atoms with E-state index in [1.807, 2.05) is 11.8 Å². The Morgan fingerprint density at radius 1 is 1.21 bits per heavy atom. The molecule has 150 valence electrons. The number of halogens is 3. The summed E-state index contributed by atoms with van der Waals surface area (Å²) in [6.07, 6.45) is 2.43. The summed E-state index contributed by atoms with van der Waals surface area (Å²) in [5.74, 6) is 0.145. The number of amides is 1. The summed E-state index contributed by atoms with van der Waals surface area (Å²) >= 11 is 0. The van der Waals surface area contributed by atoms with Crippen LogP contribution in [-0.2, 0) is 11.0 Å². The Kier molecular flexibility index (Phi) is 6.28. The summed E-state index contributed by atoms with van der Waals surface area (Å²) in [7, 11) is 0. The van der Waals surface area contributed by atoms with Crippen LogP contribution in [0.25, 0.3) is 0 Å². The average Bonchev–Trinajstić information content (AvgIpc) is 2.72. The normalized spacial score (nSPS) is 16.8. The number of hydrogen-bond acceptors (Lipinski definition) is 4. The van der Waals surface area contributed by atoms with Gasteiger partial charge in [-0.3, -0.25) is 14.8 Å². The second-order valence-corrected chi connectivity index (χ2v) is 6.86. The summed E-state index contributed by atoms with van der Waals surface area (Å²) in [5, 5.41) is 3.50. The monoisotopic (exact) mass is 392 g/mol. The average molecular weight is 392 g/mol. The summed E-state index contributed by atoms with van der Waals surface area (Å²) < 4.78 is 38.6. The molecule has 0 radical (unpaired) electrons. The lowest BCUT2D eigenvalue weighted by molar-refractivity contribution is -0.137. The molecule has 0 bridgehead atoms. The lowest BCUT2D eigenvalue weighted by Crippen LogP contribution is -2.46. The molecule has 0 aliphatic carbocycles. The van der Waals surface area contributed by atoms with Gasteiger partial charge in [-0.25, -0.2) is 0 Å². The summed E-state index contributed by atoms with van der Waals surface area (Å²) in [6, 6.07) is 4.89. The Labute approximate surface area is 162 Å². The first-order chi connectivity index (χ1) is 13.4. The molecular weight excluding hydrogens is 369 g/mol. The van der Waals surface area contributed by atoms with E-state index in [-0.39, 0.29) is 18.0 Å². The van der Waals surface area contributed by atoms with Crippen molar-refractivity contribution in [2.75, 3.05) is 13.1 Å². The Bertz CT molecular complexity index is 772. The Morgan fingerprint density at radius 2 is 1.89 bits per heavy atom. The number of likely N-dealkylation sites (tertiary alicyclic amines) is 1. The van der Waals surface area contributed by atoms with E-state index in [0.29, 0.717) is 30.8 Å². The number of hydrogen-bond donors (Lipinski definition) is 1. The predicted molar refractivity (Wildman–Crippen MR) is 98.3 cm³/mol. The van der Waals surface area contributed by atoms with E-state index in [4.69, 9.17) is 0 Å². The molecule has 1 fully saturated rings.